The number of halogens is 1. The molecule has 0 N–H and O–H groups in total. The predicted octanol–water partition coefficient (Wildman–Crippen LogP) is 4.43. The third-order valence-corrected chi connectivity index (χ3v) is 4.22. The van der Waals surface area contributed by atoms with Crippen LogP contribution in [0, 0.1) is 0 Å². The van der Waals surface area contributed by atoms with Crippen molar-refractivity contribution in [3.05, 3.63) is 71.4 Å². The molecular weight excluding hydrogens is 354 g/mol. The first kappa shape index (κ1) is 15.5. The molecule has 0 fully saturated rings. The molecule has 0 unspecified atom stereocenters. The first-order valence-corrected chi connectivity index (χ1v) is 7.98. The van der Waals surface area contributed by atoms with Gasteiger partial charge in [-0.25, -0.2) is 4.68 Å². The van der Waals surface area contributed by atoms with E-state index in [1.54, 1.807) is 7.11 Å². The van der Waals surface area contributed by atoms with Gasteiger partial charge in [-0.3, -0.25) is 0 Å². The van der Waals surface area contributed by atoms with E-state index in [0.717, 1.165) is 32.9 Å². The van der Waals surface area contributed by atoms with Gasteiger partial charge in [0.25, 0.3) is 0 Å². The topological polar surface area (TPSA) is 39.9 Å². The molecule has 3 aromatic rings. The highest BCUT2D eigenvalue weighted by molar-refractivity contribution is 9.10. The maximum Gasteiger partial charge on any atom is 0.118 e. The van der Waals surface area contributed by atoms with Gasteiger partial charge in [0, 0.05) is 16.5 Å². The maximum atomic E-state index is 5.21. The molecular formula is C18H16BrN3O. The van der Waals surface area contributed by atoms with Gasteiger partial charge in [-0.2, -0.15) is 0 Å². The zero-order valence-corrected chi connectivity index (χ0v) is 14.3. The van der Waals surface area contributed by atoms with E-state index in [9.17, 15) is 0 Å². The minimum Gasteiger partial charge on any atom is -0.497 e. The Hall–Kier alpha value is -2.40. The smallest absolute Gasteiger partial charge is 0.118 e. The lowest BCUT2D eigenvalue weighted by molar-refractivity contribution is 0.415. The van der Waals surface area contributed by atoms with Crippen LogP contribution in [0.2, 0.25) is 0 Å². The number of nitrogens with zero attached hydrogens (tertiary/aromatic N) is 3. The lowest BCUT2D eigenvalue weighted by Crippen LogP contribution is -2.03. The monoisotopic (exact) mass is 369 g/mol. The molecule has 1 heterocycles. The number of benzene rings is 2. The molecule has 0 aliphatic rings. The average molecular weight is 370 g/mol. The van der Waals surface area contributed by atoms with Gasteiger partial charge >= 0.3 is 0 Å². The van der Waals surface area contributed by atoms with Crippen LogP contribution in [0.3, 0.4) is 0 Å². The molecule has 3 rings (SSSR count). The van der Waals surface area contributed by atoms with Crippen molar-refractivity contribution in [3.63, 3.8) is 0 Å². The summed E-state index contributed by atoms with van der Waals surface area (Å²) in [6, 6.07) is 15.8. The number of allylic oxidation sites excluding steroid dienone is 1. The molecule has 23 heavy (non-hydrogen) atoms. The van der Waals surface area contributed by atoms with Crippen molar-refractivity contribution in [2.75, 3.05) is 7.11 Å². The molecule has 1 aromatic heterocycles. The Morgan fingerprint density at radius 1 is 1.17 bits per heavy atom. The fraction of sp³-hybridized carbons (Fsp3) is 0.111. The Bertz CT molecular complexity index is 825. The summed E-state index contributed by atoms with van der Waals surface area (Å²) >= 11 is 3.57. The Kier molecular flexibility index (Phi) is 4.57. The molecule has 0 saturated carbocycles. The summed E-state index contributed by atoms with van der Waals surface area (Å²) in [5, 5.41) is 8.72. The van der Waals surface area contributed by atoms with Crippen LogP contribution in [0.4, 0.5) is 0 Å². The quantitative estimate of drug-likeness (QED) is 0.624. The van der Waals surface area contributed by atoms with Crippen LogP contribution in [0.25, 0.3) is 16.9 Å². The van der Waals surface area contributed by atoms with E-state index in [-0.39, 0.29) is 0 Å². The van der Waals surface area contributed by atoms with E-state index in [0.29, 0.717) is 6.42 Å². The largest absolute Gasteiger partial charge is 0.497 e. The second-order valence-corrected chi connectivity index (χ2v) is 5.82. The second-order valence-electron chi connectivity index (χ2n) is 4.97. The maximum absolute atomic E-state index is 5.21. The molecule has 0 saturated heterocycles. The molecule has 0 amide bonds. The minimum atomic E-state index is 0.676. The number of aromatic nitrogens is 3. The Morgan fingerprint density at radius 3 is 2.57 bits per heavy atom. The number of para-hydroxylation sites is 1. The van der Waals surface area contributed by atoms with Crippen LogP contribution in [-0.2, 0) is 6.42 Å². The Labute approximate surface area is 143 Å². The van der Waals surface area contributed by atoms with Crippen molar-refractivity contribution in [1.82, 2.24) is 15.0 Å². The normalized spacial score (nSPS) is 10.5. The van der Waals surface area contributed by atoms with Gasteiger partial charge in [-0.05, 0) is 52.3 Å². The van der Waals surface area contributed by atoms with E-state index >= 15 is 0 Å². The Morgan fingerprint density at radius 2 is 1.91 bits per heavy atom. The zero-order chi connectivity index (χ0) is 16.2. The first-order chi connectivity index (χ1) is 11.2. The lowest BCUT2D eigenvalue weighted by atomic mass is 10.1. The van der Waals surface area contributed by atoms with Crippen molar-refractivity contribution in [3.8, 4) is 22.7 Å². The van der Waals surface area contributed by atoms with E-state index in [4.69, 9.17) is 4.74 Å². The van der Waals surface area contributed by atoms with Crippen LogP contribution < -0.4 is 4.74 Å². The lowest BCUT2D eigenvalue weighted by Gasteiger charge is -2.08. The van der Waals surface area contributed by atoms with E-state index < -0.39 is 0 Å². The highest BCUT2D eigenvalue weighted by atomic mass is 79.9. The number of hydrogen-bond donors (Lipinski definition) is 0. The van der Waals surface area contributed by atoms with Gasteiger partial charge < -0.3 is 4.74 Å². The summed E-state index contributed by atoms with van der Waals surface area (Å²) in [6.07, 6.45) is 2.54. The summed E-state index contributed by atoms with van der Waals surface area (Å²) in [7, 11) is 1.65. The van der Waals surface area contributed by atoms with Gasteiger partial charge in [0.2, 0.25) is 0 Å². The highest BCUT2D eigenvalue weighted by Crippen LogP contribution is 2.28. The average Bonchev–Trinajstić information content (AvgIpc) is 2.99. The number of rotatable bonds is 5. The second kappa shape index (κ2) is 6.79. The predicted molar refractivity (Wildman–Crippen MR) is 94.9 cm³/mol. The zero-order valence-electron chi connectivity index (χ0n) is 12.7. The van der Waals surface area contributed by atoms with Gasteiger partial charge in [0.1, 0.15) is 11.4 Å². The van der Waals surface area contributed by atoms with Crippen LogP contribution in [0.1, 0.15) is 5.69 Å². The molecule has 0 aliphatic carbocycles. The van der Waals surface area contributed by atoms with Crippen molar-refractivity contribution in [2.24, 2.45) is 0 Å². The summed E-state index contributed by atoms with van der Waals surface area (Å²) in [4.78, 5) is 0. The van der Waals surface area contributed by atoms with E-state index in [2.05, 4.69) is 32.8 Å². The third kappa shape index (κ3) is 3.05. The Balaban J connectivity index is 2.11. The van der Waals surface area contributed by atoms with Crippen LogP contribution in [0.5, 0.6) is 5.75 Å². The van der Waals surface area contributed by atoms with E-state index in [1.807, 2.05) is 59.3 Å². The SMILES string of the molecule is C=CCc1c(-c2ccc(OC)cc2)nnn1-c1ccccc1Br. The van der Waals surface area contributed by atoms with E-state index in [1.165, 1.54) is 0 Å². The van der Waals surface area contributed by atoms with Gasteiger partial charge in [0.15, 0.2) is 0 Å². The fourth-order valence-corrected chi connectivity index (χ4v) is 2.86. The van der Waals surface area contributed by atoms with Gasteiger partial charge in [0.05, 0.1) is 18.5 Å². The molecule has 5 heteroatoms. The number of hydrogen-bond acceptors (Lipinski definition) is 3. The first-order valence-electron chi connectivity index (χ1n) is 7.19. The van der Waals surface area contributed by atoms with Crippen LogP contribution in [0.15, 0.2) is 65.7 Å². The summed E-state index contributed by atoms with van der Waals surface area (Å²) in [5.41, 5.74) is 3.80. The van der Waals surface area contributed by atoms with Crippen molar-refractivity contribution < 1.29 is 4.74 Å². The number of methoxy groups -OCH3 is 1. The molecule has 0 bridgehead atoms. The molecule has 0 aliphatic heterocycles. The van der Waals surface area contributed by atoms with Crippen molar-refractivity contribution in [1.29, 1.82) is 0 Å². The van der Waals surface area contributed by atoms with Crippen molar-refractivity contribution >= 4 is 15.9 Å². The molecule has 4 nitrogen and oxygen atoms in total. The molecule has 0 atom stereocenters. The van der Waals surface area contributed by atoms with Gasteiger partial charge in [-0.1, -0.05) is 23.4 Å². The summed E-state index contributed by atoms with van der Waals surface area (Å²) in [5.74, 6) is 0.817. The van der Waals surface area contributed by atoms with Crippen molar-refractivity contribution in [2.45, 2.75) is 6.42 Å². The highest BCUT2D eigenvalue weighted by Gasteiger charge is 2.16. The molecule has 0 spiro atoms. The van der Waals surface area contributed by atoms with Crippen LogP contribution >= 0.6 is 15.9 Å². The molecule has 116 valence electrons. The van der Waals surface area contributed by atoms with Gasteiger partial charge in [-0.15, -0.1) is 11.7 Å². The summed E-state index contributed by atoms with van der Waals surface area (Å²) in [6.45, 7) is 3.85. The number of ether oxygens (including phenoxy) is 1. The summed E-state index contributed by atoms with van der Waals surface area (Å²) < 4.78 is 8.03. The molecule has 2 aromatic carbocycles. The minimum absolute atomic E-state index is 0.676. The fourth-order valence-electron chi connectivity index (χ4n) is 2.41. The standard InChI is InChI=1S/C18H16BrN3O/c1-3-6-17-18(13-9-11-14(23-2)12-10-13)20-21-22(17)16-8-5-4-7-15(16)19/h3-5,7-12H,1,6H2,2H3. The van der Waals surface area contributed by atoms with Crippen LogP contribution in [-0.4, -0.2) is 22.1 Å². The molecule has 0 radical (unpaired) electrons. The third-order valence-electron chi connectivity index (χ3n) is 3.54.